The molecule has 0 aromatic carbocycles. The van der Waals surface area contributed by atoms with Crippen LogP contribution in [-0.4, -0.2) is 32.9 Å². The van der Waals surface area contributed by atoms with Gasteiger partial charge in [0.05, 0.1) is 5.69 Å². The predicted molar refractivity (Wildman–Crippen MR) is 56.5 cm³/mol. The second kappa shape index (κ2) is 4.56. The number of aliphatic carboxylic acids is 1. The lowest BCUT2D eigenvalue weighted by atomic mass is 10.3. The van der Waals surface area contributed by atoms with Gasteiger partial charge in [0.2, 0.25) is 0 Å². The third-order valence-corrected chi connectivity index (χ3v) is 2.58. The molecule has 1 heterocycles. The molecule has 0 aliphatic heterocycles. The van der Waals surface area contributed by atoms with Crippen molar-refractivity contribution >= 4 is 17.7 Å². The number of hydrogen-bond acceptors (Lipinski definition) is 3. The van der Waals surface area contributed by atoms with Crippen LogP contribution in [-0.2, 0) is 16.1 Å². The van der Waals surface area contributed by atoms with Gasteiger partial charge in [0.15, 0.2) is 0 Å². The molecule has 1 fully saturated rings. The molecule has 9 heteroatoms. The fourth-order valence-corrected chi connectivity index (χ4v) is 1.55. The molecule has 0 saturated heterocycles. The molecule has 1 aromatic rings. The number of carbonyl (C=O) groups is 2. The van der Waals surface area contributed by atoms with E-state index in [9.17, 15) is 22.8 Å². The van der Waals surface area contributed by atoms with Crippen LogP contribution in [0.4, 0.5) is 19.0 Å². The molecular formula is C10H10F3N3O3. The maximum Gasteiger partial charge on any atom is 0.471 e. The minimum absolute atomic E-state index is 0.136. The first-order valence-electron chi connectivity index (χ1n) is 5.45. The first-order valence-corrected chi connectivity index (χ1v) is 5.45. The van der Waals surface area contributed by atoms with E-state index < -0.39 is 24.6 Å². The van der Waals surface area contributed by atoms with Crippen molar-refractivity contribution in [3.8, 4) is 0 Å². The summed E-state index contributed by atoms with van der Waals surface area (Å²) in [6.45, 7) is -0.611. The number of rotatable bonds is 4. The number of carbonyl (C=O) groups excluding carboxylic acids is 1. The average molecular weight is 277 g/mol. The Labute approximate surface area is 105 Å². The van der Waals surface area contributed by atoms with Gasteiger partial charge in [-0.1, -0.05) is 0 Å². The van der Waals surface area contributed by atoms with Gasteiger partial charge in [0, 0.05) is 12.0 Å². The highest BCUT2D eigenvalue weighted by molar-refractivity contribution is 5.94. The maximum absolute atomic E-state index is 12.1. The van der Waals surface area contributed by atoms with Crippen molar-refractivity contribution < 1.29 is 27.9 Å². The monoisotopic (exact) mass is 277 g/mol. The molecule has 0 unspecified atom stereocenters. The van der Waals surface area contributed by atoms with E-state index in [-0.39, 0.29) is 11.7 Å². The highest BCUT2D eigenvalue weighted by atomic mass is 19.4. The number of amides is 1. The summed E-state index contributed by atoms with van der Waals surface area (Å²) in [6.07, 6.45) is -3.31. The number of anilines is 1. The lowest BCUT2D eigenvalue weighted by Gasteiger charge is -2.08. The van der Waals surface area contributed by atoms with Crippen LogP contribution in [0.3, 0.4) is 0 Å². The number of nitrogens with one attached hydrogen (secondary N) is 1. The Balaban J connectivity index is 2.21. The minimum atomic E-state index is -5.03. The summed E-state index contributed by atoms with van der Waals surface area (Å²) in [5.74, 6) is -3.53. The molecule has 0 radical (unpaired) electrons. The SMILES string of the molecule is O=C(O)Cn1nc(C2CC2)cc1NC(=O)C(F)(F)F. The third kappa shape index (κ3) is 3.24. The second-order valence-corrected chi connectivity index (χ2v) is 4.23. The minimum Gasteiger partial charge on any atom is -0.480 e. The van der Waals surface area contributed by atoms with E-state index in [1.54, 1.807) is 5.32 Å². The lowest BCUT2D eigenvalue weighted by Crippen LogP contribution is -2.31. The molecule has 0 spiro atoms. The van der Waals surface area contributed by atoms with E-state index in [0.717, 1.165) is 17.5 Å². The third-order valence-electron chi connectivity index (χ3n) is 2.58. The normalized spacial score (nSPS) is 15.3. The van der Waals surface area contributed by atoms with Crippen LogP contribution in [0, 0.1) is 0 Å². The summed E-state index contributed by atoms with van der Waals surface area (Å²) in [5.41, 5.74) is 0.499. The molecule has 0 bridgehead atoms. The Bertz CT molecular complexity index is 520. The number of carboxylic acids is 1. The summed E-state index contributed by atoms with van der Waals surface area (Å²) >= 11 is 0. The Morgan fingerprint density at radius 2 is 2.11 bits per heavy atom. The van der Waals surface area contributed by atoms with Crippen LogP contribution in [0.2, 0.25) is 0 Å². The number of carboxylic acid groups (broad SMARTS) is 1. The quantitative estimate of drug-likeness (QED) is 0.870. The zero-order valence-corrected chi connectivity index (χ0v) is 9.57. The van der Waals surface area contributed by atoms with Gasteiger partial charge in [-0.25, -0.2) is 4.68 Å². The van der Waals surface area contributed by atoms with Gasteiger partial charge in [0.1, 0.15) is 12.4 Å². The lowest BCUT2D eigenvalue weighted by molar-refractivity contribution is -0.167. The van der Waals surface area contributed by atoms with Crippen molar-refractivity contribution in [1.29, 1.82) is 0 Å². The molecule has 19 heavy (non-hydrogen) atoms. The van der Waals surface area contributed by atoms with Gasteiger partial charge < -0.3 is 10.4 Å². The van der Waals surface area contributed by atoms with E-state index in [1.807, 2.05) is 0 Å². The van der Waals surface area contributed by atoms with Gasteiger partial charge in [-0.05, 0) is 12.8 Å². The number of hydrogen-bond donors (Lipinski definition) is 2. The van der Waals surface area contributed by atoms with Crippen LogP contribution in [0.1, 0.15) is 24.5 Å². The fraction of sp³-hybridized carbons (Fsp3) is 0.500. The molecule has 6 nitrogen and oxygen atoms in total. The van der Waals surface area contributed by atoms with Gasteiger partial charge >= 0.3 is 18.1 Å². The van der Waals surface area contributed by atoms with Crippen molar-refractivity contribution in [3.05, 3.63) is 11.8 Å². The van der Waals surface area contributed by atoms with E-state index >= 15 is 0 Å². The number of nitrogens with zero attached hydrogens (tertiary/aromatic N) is 2. The maximum atomic E-state index is 12.1. The standard InChI is InChI=1S/C10H10F3N3O3/c11-10(12,13)9(19)14-7-3-6(5-1-2-5)15-16(7)4-8(17)18/h3,5H,1-2,4H2,(H,14,19)(H,17,18). The van der Waals surface area contributed by atoms with Gasteiger partial charge in [-0.3, -0.25) is 9.59 Å². The van der Waals surface area contributed by atoms with Crippen LogP contribution < -0.4 is 5.32 Å². The zero-order valence-electron chi connectivity index (χ0n) is 9.57. The van der Waals surface area contributed by atoms with Crippen molar-refractivity contribution in [2.75, 3.05) is 5.32 Å². The summed E-state index contributed by atoms with van der Waals surface area (Å²) in [5, 5.41) is 14.2. The van der Waals surface area contributed by atoms with Crippen LogP contribution >= 0.6 is 0 Å². The molecule has 1 aromatic heterocycles. The highest BCUT2D eigenvalue weighted by Gasteiger charge is 2.39. The average Bonchev–Trinajstić information content (AvgIpc) is 3.02. The molecule has 1 aliphatic carbocycles. The van der Waals surface area contributed by atoms with Crippen LogP contribution in [0.15, 0.2) is 6.07 Å². The summed E-state index contributed by atoms with van der Waals surface area (Å²) < 4.78 is 37.3. The van der Waals surface area contributed by atoms with Gasteiger partial charge in [-0.2, -0.15) is 18.3 Å². The van der Waals surface area contributed by atoms with Crippen molar-refractivity contribution in [3.63, 3.8) is 0 Å². The highest BCUT2D eigenvalue weighted by Crippen LogP contribution is 2.40. The molecule has 104 valence electrons. The van der Waals surface area contributed by atoms with Crippen molar-refractivity contribution in [2.24, 2.45) is 0 Å². The first kappa shape index (κ1) is 13.4. The molecular weight excluding hydrogens is 267 g/mol. The Morgan fingerprint density at radius 3 is 2.58 bits per heavy atom. The van der Waals surface area contributed by atoms with Crippen LogP contribution in [0.25, 0.3) is 0 Å². The summed E-state index contributed by atoms with van der Waals surface area (Å²) in [4.78, 5) is 21.4. The number of halogens is 3. The molecule has 1 saturated carbocycles. The summed E-state index contributed by atoms with van der Waals surface area (Å²) in [7, 11) is 0. The van der Waals surface area contributed by atoms with Crippen molar-refractivity contribution in [2.45, 2.75) is 31.5 Å². The Hall–Kier alpha value is -2.06. The smallest absolute Gasteiger partial charge is 0.471 e. The van der Waals surface area contributed by atoms with Crippen molar-refractivity contribution in [1.82, 2.24) is 9.78 Å². The van der Waals surface area contributed by atoms with E-state index in [2.05, 4.69) is 5.10 Å². The zero-order chi connectivity index (χ0) is 14.2. The number of aromatic nitrogens is 2. The molecule has 2 rings (SSSR count). The molecule has 1 amide bonds. The first-order chi connectivity index (χ1) is 8.77. The van der Waals surface area contributed by atoms with E-state index in [1.165, 1.54) is 6.07 Å². The van der Waals surface area contributed by atoms with Crippen LogP contribution in [0.5, 0.6) is 0 Å². The second-order valence-electron chi connectivity index (χ2n) is 4.23. The summed E-state index contributed by atoms with van der Waals surface area (Å²) in [6, 6.07) is 1.28. The number of alkyl halides is 3. The molecule has 1 aliphatic rings. The van der Waals surface area contributed by atoms with E-state index in [0.29, 0.717) is 5.69 Å². The fourth-order valence-electron chi connectivity index (χ4n) is 1.55. The predicted octanol–water partition coefficient (Wildman–Crippen LogP) is 1.35. The largest absolute Gasteiger partial charge is 0.480 e. The van der Waals surface area contributed by atoms with E-state index in [4.69, 9.17) is 5.11 Å². The van der Waals surface area contributed by atoms with Gasteiger partial charge in [0.25, 0.3) is 0 Å². The molecule has 2 N–H and O–H groups in total. The Kier molecular flexibility index (Phi) is 3.21. The topological polar surface area (TPSA) is 84.2 Å². The Morgan fingerprint density at radius 1 is 1.47 bits per heavy atom. The molecule has 0 atom stereocenters. The van der Waals surface area contributed by atoms with Gasteiger partial charge in [-0.15, -0.1) is 0 Å².